The van der Waals surface area contributed by atoms with Crippen molar-refractivity contribution in [2.24, 2.45) is 0 Å². The summed E-state index contributed by atoms with van der Waals surface area (Å²) in [6.07, 6.45) is 0.858. The van der Waals surface area contributed by atoms with Crippen LogP contribution in [0.2, 0.25) is 0 Å². The van der Waals surface area contributed by atoms with Crippen LogP contribution in [0.3, 0.4) is 0 Å². The Bertz CT molecular complexity index is 1410. The number of hydrogen-bond acceptors (Lipinski definition) is 4. The van der Waals surface area contributed by atoms with E-state index >= 15 is 0 Å². The number of rotatable bonds is 5. The molecule has 2 aromatic heterocycles. The molecule has 3 aromatic carbocycles. The number of aryl methyl sites for hydroxylation is 2. The van der Waals surface area contributed by atoms with Gasteiger partial charge in [-0.2, -0.15) is 0 Å². The maximum atomic E-state index is 5.30. The fourth-order valence-corrected chi connectivity index (χ4v) is 4.08. The molecule has 5 heteroatoms. The Labute approximate surface area is 194 Å². The van der Waals surface area contributed by atoms with Gasteiger partial charge in [-0.05, 0) is 47.2 Å². The second-order valence-electron chi connectivity index (χ2n) is 9.37. The first-order chi connectivity index (χ1) is 15.9. The van der Waals surface area contributed by atoms with Gasteiger partial charge in [0.1, 0.15) is 11.6 Å². The number of imidazole rings is 1. The van der Waals surface area contributed by atoms with Gasteiger partial charge in [0.05, 0.1) is 18.1 Å². The molecule has 0 radical (unpaired) electrons. The lowest BCUT2D eigenvalue weighted by Gasteiger charge is -2.19. The molecule has 33 heavy (non-hydrogen) atoms. The number of methoxy groups -OCH3 is 1. The standard InChI is InChI=1S/C28H28N4O/c1-28(2,3)21-13-11-20(12-14-21)26-31-25-27(30-24-8-6-5-7-23(24)29-25)32(26)18-17-19-9-15-22(33-4)16-10-19/h5-16H,17-18H2,1-4H3. The van der Waals surface area contributed by atoms with Crippen molar-refractivity contribution in [3.63, 3.8) is 0 Å². The molecule has 0 saturated carbocycles. The topological polar surface area (TPSA) is 52.8 Å². The van der Waals surface area contributed by atoms with Crippen LogP contribution in [0, 0.1) is 0 Å². The molecule has 0 aliphatic heterocycles. The Morgan fingerprint density at radius 3 is 2.09 bits per heavy atom. The van der Waals surface area contributed by atoms with E-state index in [-0.39, 0.29) is 5.41 Å². The van der Waals surface area contributed by atoms with Crippen LogP contribution in [0.15, 0.2) is 72.8 Å². The highest BCUT2D eigenvalue weighted by Gasteiger charge is 2.18. The van der Waals surface area contributed by atoms with Crippen molar-refractivity contribution in [1.29, 1.82) is 0 Å². The summed E-state index contributed by atoms with van der Waals surface area (Å²) < 4.78 is 7.49. The van der Waals surface area contributed by atoms with E-state index in [1.54, 1.807) is 7.11 Å². The summed E-state index contributed by atoms with van der Waals surface area (Å²) in [6.45, 7) is 7.44. The zero-order valence-corrected chi connectivity index (χ0v) is 19.5. The Morgan fingerprint density at radius 1 is 0.788 bits per heavy atom. The van der Waals surface area contributed by atoms with Crippen LogP contribution in [0.1, 0.15) is 31.9 Å². The predicted molar refractivity (Wildman–Crippen MR) is 134 cm³/mol. The monoisotopic (exact) mass is 436 g/mol. The van der Waals surface area contributed by atoms with E-state index < -0.39 is 0 Å². The molecule has 0 aliphatic carbocycles. The Balaban J connectivity index is 1.59. The molecule has 0 aliphatic rings. The Morgan fingerprint density at radius 2 is 1.45 bits per heavy atom. The minimum atomic E-state index is 0.105. The number of para-hydroxylation sites is 2. The lowest BCUT2D eigenvalue weighted by molar-refractivity contribution is 0.414. The minimum Gasteiger partial charge on any atom is -0.497 e. The number of benzene rings is 3. The van der Waals surface area contributed by atoms with E-state index in [1.165, 1.54) is 11.1 Å². The van der Waals surface area contributed by atoms with E-state index in [1.807, 2.05) is 36.4 Å². The van der Waals surface area contributed by atoms with Crippen molar-refractivity contribution in [3.05, 3.63) is 83.9 Å². The van der Waals surface area contributed by atoms with Gasteiger partial charge in [-0.3, -0.25) is 0 Å². The molecular formula is C28H28N4O. The van der Waals surface area contributed by atoms with Crippen LogP contribution in [-0.2, 0) is 18.4 Å². The smallest absolute Gasteiger partial charge is 0.198 e. The molecule has 0 unspecified atom stereocenters. The number of aromatic nitrogens is 4. The third kappa shape index (κ3) is 4.19. The molecule has 0 amide bonds. The second kappa shape index (κ2) is 8.32. The zero-order valence-electron chi connectivity index (χ0n) is 19.5. The third-order valence-electron chi connectivity index (χ3n) is 6.05. The maximum absolute atomic E-state index is 5.30. The van der Waals surface area contributed by atoms with Gasteiger partial charge in [0.15, 0.2) is 11.3 Å². The summed E-state index contributed by atoms with van der Waals surface area (Å²) in [4.78, 5) is 14.7. The molecule has 0 N–H and O–H groups in total. The molecule has 5 nitrogen and oxygen atoms in total. The minimum absolute atomic E-state index is 0.105. The van der Waals surface area contributed by atoms with Crippen molar-refractivity contribution in [2.75, 3.05) is 7.11 Å². The fourth-order valence-electron chi connectivity index (χ4n) is 4.08. The maximum Gasteiger partial charge on any atom is 0.198 e. The van der Waals surface area contributed by atoms with E-state index in [9.17, 15) is 0 Å². The molecule has 5 rings (SSSR count). The molecular weight excluding hydrogens is 408 g/mol. The molecule has 0 atom stereocenters. The van der Waals surface area contributed by atoms with Crippen molar-refractivity contribution in [1.82, 2.24) is 19.5 Å². The molecule has 0 bridgehead atoms. The second-order valence-corrected chi connectivity index (χ2v) is 9.37. The number of fused-ring (bicyclic) bond motifs is 2. The first-order valence-corrected chi connectivity index (χ1v) is 11.3. The van der Waals surface area contributed by atoms with Gasteiger partial charge in [-0.25, -0.2) is 15.0 Å². The third-order valence-corrected chi connectivity index (χ3v) is 6.05. The summed E-state index contributed by atoms with van der Waals surface area (Å²) in [5.41, 5.74) is 6.95. The van der Waals surface area contributed by atoms with Gasteiger partial charge in [0.25, 0.3) is 0 Å². The van der Waals surface area contributed by atoms with Crippen molar-refractivity contribution in [3.8, 4) is 17.1 Å². The number of hydrogen-bond donors (Lipinski definition) is 0. The van der Waals surface area contributed by atoms with Crippen LogP contribution in [-0.4, -0.2) is 26.6 Å². The van der Waals surface area contributed by atoms with Crippen molar-refractivity contribution >= 4 is 22.3 Å². The first-order valence-electron chi connectivity index (χ1n) is 11.3. The molecule has 5 aromatic rings. The van der Waals surface area contributed by atoms with E-state index in [0.29, 0.717) is 5.65 Å². The SMILES string of the molecule is COc1ccc(CCn2c(-c3ccc(C(C)(C)C)cc3)nc3nc4ccccc4nc32)cc1. The summed E-state index contributed by atoms with van der Waals surface area (Å²) >= 11 is 0. The van der Waals surface area contributed by atoms with E-state index in [2.05, 4.69) is 61.7 Å². The molecule has 0 saturated heterocycles. The highest BCUT2D eigenvalue weighted by Crippen LogP contribution is 2.28. The molecule has 166 valence electrons. The van der Waals surface area contributed by atoms with Crippen molar-refractivity contribution < 1.29 is 4.74 Å². The lowest BCUT2D eigenvalue weighted by atomic mass is 9.87. The Kier molecular flexibility index (Phi) is 5.33. The fraction of sp³-hybridized carbons (Fsp3) is 0.250. The predicted octanol–water partition coefficient (Wildman–Crippen LogP) is 6.20. The normalized spacial score (nSPS) is 11.9. The van der Waals surface area contributed by atoms with Crippen LogP contribution >= 0.6 is 0 Å². The highest BCUT2D eigenvalue weighted by atomic mass is 16.5. The quantitative estimate of drug-likeness (QED) is 0.329. The highest BCUT2D eigenvalue weighted by molar-refractivity contribution is 5.84. The first kappa shape index (κ1) is 21.1. The van der Waals surface area contributed by atoms with E-state index in [0.717, 1.165) is 46.8 Å². The van der Waals surface area contributed by atoms with Gasteiger partial charge in [-0.15, -0.1) is 0 Å². The Hall–Kier alpha value is -3.73. The summed E-state index contributed by atoms with van der Waals surface area (Å²) in [6, 6.07) is 24.9. The molecule has 0 fully saturated rings. The zero-order chi connectivity index (χ0) is 23.0. The van der Waals surface area contributed by atoms with Crippen LogP contribution in [0.5, 0.6) is 5.75 Å². The van der Waals surface area contributed by atoms with E-state index in [4.69, 9.17) is 19.7 Å². The van der Waals surface area contributed by atoms with Crippen molar-refractivity contribution in [2.45, 2.75) is 39.2 Å². The summed E-state index contributed by atoms with van der Waals surface area (Å²) in [7, 11) is 1.69. The largest absolute Gasteiger partial charge is 0.497 e. The van der Waals surface area contributed by atoms with Crippen LogP contribution in [0.25, 0.3) is 33.7 Å². The average molecular weight is 437 g/mol. The number of ether oxygens (including phenoxy) is 1. The molecule has 2 heterocycles. The van der Waals surface area contributed by atoms with Gasteiger partial charge in [-0.1, -0.05) is 69.3 Å². The lowest BCUT2D eigenvalue weighted by Crippen LogP contribution is -2.10. The number of nitrogens with zero attached hydrogens (tertiary/aromatic N) is 4. The van der Waals surface area contributed by atoms with Gasteiger partial charge in [0, 0.05) is 12.1 Å². The average Bonchev–Trinajstić information content (AvgIpc) is 3.18. The van der Waals surface area contributed by atoms with Gasteiger partial charge >= 0.3 is 0 Å². The van der Waals surface area contributed by atoms with Gasteiger partial charge in [0.2, 0.25) is 0 Å². The summed E-state index contributed by atoms with van der Waals surface area (Å²) in [5.74, 6) is 1.76. The van der Waals surface area contributed by atoms with Crippen LogP contribution in [0.4, 0.5) is 0 Å². The summed E-state index contributed by atoms with van der Waals surface area (Å²) in [5, 5.41) is 0. The van der Waals surface area contributed by atoms with Gasteiger partial charge < -0.3 is 9.30 Å². The molecule has 0 spiro atoms. The van der Waals surface area contributed by atoms with Crippen LogP contribution < -0.4 is 4.74 Å².